The monoisotopic (exact) mass is 285 g/mol. The number of sulfonamides is 1. The maximum Gasteiger partial charge on any atom is 0.244 e. The molecule has 5 N–H and O–H groups in total. The number of aryl methyl sites for hydroxylation is 1. The molecule has 0 unspecified atom stereocenters. The number of aromatic nitrogens is 2. The Kier molecular flexibility index (Phi) is 3.64. The molecule has 106 valence electrons. The van der Waals surface area contributed by atoms with Gasteiger partial charge in [-0.2, -0.15) is 9.82 Å². The highest BCUT2D eigenvalue weighted by Crippen LogP contribution is 2.30. The normalized spacial score (nSPS) is 19.2. The van der Waals surface area contributed by atoms with Crippen LogP contribution in [0, 0.1) is 12.3 Å². The molecule has 0 radical (unpaired) electrons. The topological polar surface area (TPSA) is 125 Å². The van der Waals surface area contributed by atoms with Crippen LogP contribution in [0.5, 0.6) is 0 Å². The van der Waals surface area contributed by atoms with E-state index in [4.69, 9.17) is 11.1 Å². The van der Waals surface area contributed by atoms with Gasteiger partial charge in [-0.3, -0.25) is 10.5 Å². The minimum Gasteiger partial charge on any atom is -0.386 e. The SMILES string of the molecule is Cc1[nH]ncc1S(=O)(=O)NC1(C(=N)N)CCCCC1. The number of nitrogens with two attached hydrogens (primary N) is 1. The third-order valence-electron chi connectivity index (χ3n) is 3.63. The molecular formula is C11H19N5O2S. The first-order valence-electron chi connectivity index (χ1n) is 6.26. The molecule has 1 aliphatic rings. The molecule has 1 aromatic heterocycles. The van der Waals surface area contributed by atoms with Crippen LogP contribution in [0.4, 0.5) is 0 Å². The summed E-state index contributed by atoms with van der Waals surface area (Å²) in [5.74, 6) is -0.114. The van der Waals surface area contributed by atoms with E-state index >= 15 is 0 Å². The Bertz CT molecular complexity index is 572. The summed E-state index contributed by atoms with van der Waals surface area (Å²) >= 11 is 0. The fraction of sp³-hybridized carbons (Fsp3) is 0.636. The lowest BCUT2D eigenvalue weighted by molar-refractivity contribution is 0.348. The minimum atomic E-state index is -3.72. The number of aromatic amines is 1. The maximum absolute atomic E-state index is 12.4. The number of amidine groups is 1. The van der Waals surface area contributed by atoms with Gasteiger partial charge in [-0.15, -0.1) is 0 Å². The van der Waals surface area contributed by atoms with Crippen molar-refractivity contribution >= 4 is 15.9 Å². The van der Waals surface area contributed by atoms with Gasteiger partial charge in [0.25, 0.3) is 0 Å². The Morgan fingerprint density at radius 3 is 2.58 bits per heavy atom. The zero-order valence-electron chi connectivity index (χ0n) is 10.9. The van der Waals surface area contributed by atoms with Crippen LogP contribution in [0.15, 0.2) is 11.1 Å². The highest BCUT2D eigenvalue weighted by Gasteiger charge is 2.40. The van der Waals surface area contributed by atoms with Crippen molar-refractivity contribution in [3.63, 3.8) is 0 Å². The summed E-state index contributed by atoms with van der Waals surface area (Å²) in [6.45, 7) is 1.64. The van der Waals surface area contributed by atoms with Gasteiger partial charge in [-0.1, -0.05) is 19.3 Å². The van der Waals surface area contributed by atoms with E-state index in [9.17, 15) is 8.42 Å². The fourth-order valence-electron chi connectivity index (χ4n) is 2.50. The van der Waals surface area contributed by atoms with Crippen molar-refractivity contribution in [3.05, 3.63) is 11.9 Å². The van der Waals surface area contributed by atoms with Gasteiger partial charge in [0, 0.05) is 0 Å². The molecule has 1 fully saturated rings. The highest BCUT2D eigenvalue weighted by molar-refractivity contribution is 7.89. The molecule has 0 atom stereocenters. The largest absolute Gasteiger partial charge is 0.386 e. The van der Waals surface area contributed by atoms with E-state index in [1.165, 1.54) is 6.20 Å². The summed E-state index contributed by atoms with van der Waals surface area (Å²) in [6, 6.07) is 0. The molecule has 8 heteroatoms. The molecule has 2 rings (SSSR count). The summed E-state index contributed by atoms with van der Waals surface area (Å²) in [6.07, 6.45) is 5.19. The van der Waals surface area contributed by atoms with Crippen molar-refractivity contribution in [1.82, 2.24) is 14.9 Å². The molecule has 0 aromatic carbocycles. The number of nitrogens with one attached hydrogen (secondary N) is 3. The quantitative estimate of drug-likeness (QED) is 0.478. The Morgan fingerprint density at radius 2 is 2.11 bits per heavy atom. The molecule has 0 spiro atoms. The lowest BCUT2D eigenvalue weighted by atomic mass is 9.82. The van der Waals surface area contributed by atoms with Crippen molar-refractivity contribution < 1.29 is 8.42 Å². The second-order valence-corrected chi connectivity index (χ2v) is 6.67. The molecule has 19 heavy (non-hydrogen) atoms. The van der Waals surface area contributed by atoms with E-state index < -0.39 is 15.6 Å². The molecule has 1 aromatic rings. The van der Waals surface area contributed by atoms with Crippen molar-refractivity contribution in [2.45, 2.75) is 49.5 Å². The summed E-state index contributed by atoms with van der Waals surface area (Å²) in [5.41, 5.74) is 5.16. The highest BCUT2D eigenvalue weighted by atomic mass is 32.2. The Labute approximate surface area is 112 Å². The predicted octanol–water partition coefficient (Wildman–Crippen LogP) is 0.635. The van der Waals surface area contributed by atoms with Crippen LogP contribution in [0.25, 0.3) is 0 Å². The third kappa shape index (κ3) is 2.64. The average Bonchev–Trinajstić information content (AvgIpc) is 2.77. The smallest absolute Gasteiger partial charge is 0.244 e. The van der Waals surface area contributed by atoms with Crippen LogP contribution >= 0.6 is 0 Å². The van der Waals surface area contributed by atoms with Crippen molar-refractivity contribution in [1.29, 1.82) is 5.41 Å². The van der Waals surface area contributed by atoms with Gasteiger partial charge >= 0.3 is 0 Å². The van der Waals surface area contributed by atoms with E-state index in [0.29, 0.717) is 18.5 Å². The lowest BCUT2D eigenvalue weighted by Crippen LogP contribution is -2.58. The van der Waals surface area contributed by atoms with Gasteiger partial charge in [0.05, 0.1) is 17.4 Å². The number of rotatable bonds is 4. The van der Waals surface area contributed by atoms with Gasteiger partial charge < -0.3 is 5.73 Å². The Balaban J connectivity index is 2.32. The molecule has 0 saturated heterocycles. The third-order valence-corrected chi connectivity index (χ3v) is 5.28. The molecule has 0 bridgehead atoms. The summed E-state index contributed by atoms with van der Waals surface area (Å²) < 4.78 is 27.4. The van der Waals surface area contributed by atoms with Crippen LogP contribution in [0.3, 0.4) is 0 Å². The van der Waals surface area contributed by atoms with E-state index in [1.54, 1.807) is 6.92 Å². The Morgan fingerprint density at radius 1 is 1.47 bits per heavy atom. The average molecular weight is 285 g/mol. The summed E-state index contributed by atoms with van der Waals surface area (Å²) in [5, 5.41) is 14.0. The zero-order chi connectivity index (χ0) is 14.1. The van der Waals surface area contributed by atoms with Crippen LogP contribution in [0.1, 0.15) is 37.8 Å². The zero-order valence-corrected chi connectivity index (χ0v) is 11.7. The van der Waals surface area contributed by atoms with E-state index in [2.05, 4.69) is 14.9 Å². The minimum absolute atomic E-state index is 0.110. The summed E-state index contributed by atoms with van der Waals surface area (Å²) in [7, 11) is -3.72. The van der Waals surface area contributed by atoms with Gasteiger partial charge in [-0.25, -0.2) is 8.42 Å². The van der Waals surface area contributed by atoms with Crippen LogP contribution in [-0.2, 0) is 10.0 Å². The second-order valence-electron chi connectivity index (χ2n) is 5.02. The van der Waals surface area contributed by atoms with E-state index in [-0.39, 0.29) is 10.7 Å². The molecule has 7 nitrogen and oxygen atoms in total. The van der Waals surface area contributed by atoms with Crippen LogP contribution in [-0.4, -0.2) is 30.0 Å². The molecule has 0 amide bonds. The van der Waals surface area contributed by atoms with Crippen LogP contribution in [0.2, 0.25) is 0 Å². The van der Waals surface area contributed by atoms with Crippen molar-refractivity contribution in [3.8, 4) is 0 Å². The van der Waals surface area contributed by atoms with Gasteiger partial charge in [0.2, 0.25) is 10.0 Å². The molecule has 1 saturated carbocycles. The molecule has 0 aliphatic heterocycles. The Hall–Kier alpha value is -1.41. The number of H-pyrrole nitrogens is 1. The number of nitrogens with zero attached hydrogens (tertiary/aromatic N) is 1. The number of hydrogen-bond acceptors (Lipinski definition) is 4. The first kappa shape index (κ1) is 14.0. The maximum atomic E-state index is 12.4. The van der Waals surface area contributed by atoms with Gasteiger partial charge in [0.1, 0.15) is 10.7 Å². The molecule has 1 heterocycles. The van der Waals surface area contributed by atoms with E-state index in [1.807, 2.05) is 0 Å². The molecule has 1 aliphatic carbocycles. The fourth-order valence-corrected chi connectivity index (χ4v) is 4.08. The lowest BCUT2D eigenvalue weighted by Gasteiger charge is -2.36. The standard InChI is InChI=1S/C11H19N5O2S/c1-8-9(7-14-15-8)19(17,18)16-11(10(12)13)5-3-2-4-6-11/h7,16H,2-6H2,1H3,(H3,12,13)(H,14,15). The molecular weight excluding hydrogens is 266 g/mol. The van der Waals surface area contributed by atoms with Crippen molar-refractivity contribution in [2.75, 3.05) is 0 Å². The van der Waals surface area contributed by atoms with Gasteiger partial charge in [-0.05, 0) is 19.8 Å². The summed E-state index contributed by atoms with van der Waals surface area (Å²) in [4.78, 5) is 0.110. The van der Waals surface area contributed by atoms with Gasteiger partial charge in [0.15, 0.2) is 0 Å². The van der Waals surface area contributed by atoms with E-state index in [0.717, 1.165) is 19.3 Å². The second kappa shape index (κ2) is 4.93. The first-order chi connectivity index (χ1) is 8.87. The predicted molar refractivity (Wildman–Crippen MR) is 71.4 cm³/mol. The van der Waals surface area contributed by atoms with Crippen molar-refractivity contribution in [2.24, 2.45) is 5.73 Å². The first-order valence-corrected chi connectivity index (χ1v) is 7.74. The number of hydrogen-bond donors (Lipinski definition) is 4. The van der Waals surface area contributed by atoms with Crippen LogP contribution < -0.4 is 10.5 Å².